The molecule has 0 aliphatic heterocycles. The van der Waals surface area contributed by atoms with Crippen LogP contribution in [-0.4, -0.2) is 21.5 Å². The Morgan fingerprint density at radius 1 is 1.15 bits per heavy atom. The molecule has 0 bridgehead atoms. The van der Waals surface area contributed by atoms with Crippen LogP contribution in [0.2, 0.25) is 0 Å². The van der Waals surface area contributed by atoms with E-state index >= 15 is 0 Å². The minimum Gasteiger partial charge on any atom is -0.443 e. The van der Waals surface area contributed by atoms with Gasteiger partial charge in [0.1, 0.15) is 5.52 Å². The van der Waals surface area contributed by atoms with Crippen LogP contribution in [0.1, 0.15) is 6.42 Å². The number of nitriles is 1. The summed E-state index contributed by atoms with van der Waals surface area (Å²) < 4.78 is 5.27. The highest BCUT2D eigenvalue weighted by molar-refractivity contribution is 5.79. The number of nitrogens with zero attached hydrogens (tertiary/aromatic N) is 4. The second-order valence-corrected chi connectivity index (χ2v) is 4.17. The van der Waals surface area contributed by atoms with Crippen molar-refractivity contribution < 1.29 is 4.42 Å². The lowest BCUT2D eigenvalue weighted by Gasteiger charge is -2.04. The monoisotopic (exact) mass is 265 g/mol. The molecule has 0 unspecified atom stereocenters. The Balaban J connectivity index is 1.81. The van der Waals surface area contributed by atoms with E-state index in [-0.39, 0.29) is 0 Å². The fourth-order valence-electron chi connectivity index (χ4n) is 1.83. The number of anilines is 1. The SMILES string of the molecule is N#CCCNc1ncc(-c2ccc3ncoc3c2)cn1. The minimum absolute atomic E-state index is 0.424. The number of aromatic nitrogens is 3. The summed E-state index contributed by atoms with van der Waals surface area (Å²) >= 11 is 0. The highest BCUT2D eigenvalue weighted by Crippen LogP contribution is 2.23. The lowest BCUT2D eigenvalue weighted by atomic mass is 10.1. The molecule has 0 saturated carbocycles. The molecule has 0 amide bonds. The van der Waals surface area contributed by atoms with E-state index in [9.17, 15) is 0 Å². The molecule has 6 nitrogen and oxygen atoms in total. The maximum absolute atomic E-state index is 8.46. The van der Waals surface area contributed by atoms with E-state index in [4.69, 9.17) is 9.68 Å². The molecule has 0 spiro atoms. The Labute approximate surface area is 115 Å². The van der Waals surface area contributed by atoms with Gasteiger partial charge in [-0.3, -0.25) is 0 Å². The van der Waals surface area contributed by atoms with Crippen molar-refractivity contribution in [1.82, 2.24) is 15.0 Å². The van der Waals surface area contributed by atoms with E-state index in [2.05, 4.69) is 26.3 Å². The molecule has 6 heteroatoms. The van der Waals surface area contributed by atoms with E-state index < -0.39 is 0 Å². The van der Waals surface area contributed by atoms with Crippen LogP contribution in [-0.2, 0) is 0 Å². The Morgan fingerprint density at radius 3 is 2.80 bits per heavy atom. The molecule has 0 radical (unpaired) electrons. The van der Waals surface area contributed by atoms with E-state index in [0.29, 0.717) is 18.9 Å². The molecule has 3 aromatic rings. The number of rotatable bonds is 4. The highest BCUT2D eigenvalue weighted by atomic mass is 16.3. The van der Waals surface area contributed by atoms with Gasteiger partial charge in [0.2, 0.25) is 5.95 Å². The van der Waals surface area contributed by atoms with Crippen LogP contribution >= 0.6 is 0 Å². The van der Waals surface area contributed by atoms with Gasteiger partial charge in [-0.25, -0.2) is 15.0 Å². The number of hydrogen-bond donors (Lipinski definition) is 1. The van der Waals surface area contributed by atoms with Gasteiger partial charge in [-0.1, -0.05) is 6.07 Å². The molecule has 20 heavy (non-hydrogen) atoms. The van der Waals surface area contributed by atoms with Crippen LogP contribution in [0, 0.1) is 11.3 Å². The van der Waals surface area contributed by atoms with Crippen LogP contribution in [0.4, 0.5) is 5.95 Å². The largest absolute Gasteiger partial charge is 0.443 e. The van der Waals surface area contributed by atoms with Crippen LogP contribution < -0.4 is 5.32 Å². The molecule has 2 heterocycles. The van der Waals surface area contributed by atoms with Gasteiger partial charge in [-0.15, -0.1) is 0 Å². The van der Waals surface area contributed by atoms with Crippen molar-refractivity contribution in [3.8, 4) is 17.2 Å². The van der Waals surface area contributed by atoms with Crippen molar-refractivity contribution in [3.63, 3.8) is 0 Å². The van der Waals surface area contributed by atoms with Crippen molar-refractivity contribution in [2.75, 3.05) is 11.9 Å². The minimum atomic E-state index is 0.424. The first-order valence-electron chi connectivity index (χ1n) is 6.13. The fraction of sp³-hybridized carbons (Fsp3) is 0.143. The predicted molar refractivity (Wildman–Crippen MR) is 73.8 cm³/mol. The molecule has 0 fully saturated rings. The summed E-state index contributed by atoms with van der Waals surface area (Å²) in [6.07, 6.45) is 5.32. The molecule has 0 aliphatic rings. The van der Waals surface area contributed by atoms with Crippen LogP contribution in [0.15, 0.2) is 41.4 Å². The van der Waals surface area contributed by atoms with Crippen molar-refractivity contribution in [1.29, 1.82) is 5.26 Å². The third kappa shape index (κ3) is 2.42. The first kappa shape index (κ1) is 12.1. The maximum Gasteiger partial charge on any atom is 0.222 e. The average molecular weight is 265 g/mol. The number of nitrogens with one attached hydrogen (secondary N) is 1. The predicted octanol–water partition coefficient (Wildman–Crippen LogP) is 2.61. The Morgan fingerprint density at radius 2 is 2.00 bits per heavy atom. The van der Waals surface area contributed by atoms with E-state index in [1.165, 1.54) is 6.39 Å². The molecule has 1 aromatic carbocycles. The van der Waals surface area contributed by atoms with E-state index in [1.54, 1.807) is 12.4 Å². The molecular weight excluding hydrogens is 254 g/mol. The van der Waals surface area contributed by atoms with Crippen LogP contribution in [0.3, 0.4) is 0 Å². The highest BCUT2D eigenvalue weighted by Gasteiger charge is 2.04. The third-order valence-corrected chi connectivity index (χ3v) is 2.84. The molecule has 98 valence electrons. The van der Waals surface area contributed by atoms with Crippen molar-refractivity contribution in [3.05, 3.63) is 37.0 Å². The quantitative estimate of drug-likeness (QED) is 0.729. The molecule has 0 aliphatic carbocycles. The van der Waals surface area contributed by atoms with Crippen LogP contribution in [0.25, 0.3) is 22.2 Å². The van der Waals surface area contributed by atoms with E-state index in [0.717, 1.165) is 22.2 Å². The Hall–Kier alpha value is -2.94. The normalized spacial score (nSPS) is 10.3. The number of oxazole rings is 1. The van der Waals surface area contributed by atoms with Gasteiger partial charge in [-0.2, -0.15) is 5.26 Å². The van der Waals surface area contributed by atoms with E-state index in [1.807, 2.05) is 18.2 Å². The second-order valence-electron chi connectivity index (χ2n) is 4.17. The van der Waals surface area contributed by atoms with Crippen molar-refractivity contribution in [2.24, 2.45) is 0 Å². The van der Waals surface area contributed by atoms with Gasteiger partial charge in [0.25, 0.3) is 0 Å². The lowest BCUT2D eigenvalue weighted by Crippen LogP contribution is -2.04. The zero-order valence-electron chi connectivity index (χ0n) is 10.6. The molecule has 3 rings (SSSR count). The molecule has 2 aromatic heterocycles. The first-order chi connectivity index (χ1) is 9.86. The Kier molecular flexibility index (Phi) is 3.25. The first-order valence-corrected chi connectivity index (χ1v) is 6.13. The van der Waals surface area contributed by atoms with Crippen molar-refractivity contribution in [2.45, 2.75) is 6.42 Å². The van der Waals surface area contributed by atoms with Gasteiger partial charge >= 0.3 is 0 Å². The topological polar surface area (TPSA) is 87.6 Å². The zero-order valence-corrected chi connectivity index (χ0v) is 10.6. The Bertz CT molecular complexity index is 757. The molecule has 0 atom stereocenters. The fourth-order valence-corrected chi connectivity index (χ4v) is 1.83. The summed E-state index contributed by atoms with van der Waals surface area (Å²) in [5.41, 5.74) is 3.43. The number of fused-ring (bicyclic) bond motifs is 1. The van der Waals surface area contributed by atoms with Gasteiger partial charge in [0.15, 0.2) is 12.0 Å². The summed E-state index contributed by atoms with van der Waals surface area (Å²) in [4.78, 5) is 12.5. The molecular formula is C14H11N5O. The molecule has 0 saturated heterocycles. The lowest BCUT2D eigenvalue weighted by molar-refractivity contribution is 0.602. The van der Waals surface area contributed by atoms with Gasteiger partial charge < -0.3 is 9.73 Å². The standard InChI is InChI=1S/C14H11N5O/c15-4-1-5-16-14-17-7-11(8-18-14)10-2-3-12-13(6-10)20-9-19-12/h2-3,6-9H,1,5H2,(H,16,17,18). The summed E-state index contributed by atoms with van der Waals surface area (Å²) in [5.74, 6) is 0.518. The molecule has 1 N–H and O–H groups in total. The average Bonchev–Trinajstić information content (AvgIpc) is 2.96. The van der Waals surface area contributed by atoms with Crippen molar-refractivity contribution >= 4 is 17.0 Å². The summed E-state index contributed by atoms with van der Waals surface area (Å²) in [7, 11) is 0. The van der Waals surface area contributed by atoms with Gasteiger partial charge in [0, 0.05) is 24.5 Å². The van der Waals surface area contributed by atoms with Crippen LogP contribution in [0.5, 0.6) is 0 Å². The third-order valence-electron chi connectivity index (χ3n) is 2.84. The summed E-state index contributed by atoms with van der Waals surface area (Å²) in [6, 6.07) is 7.81. The van der Waals surface area contributed by atoms with Gasteiger partial charge in [-0.05, 0) is 17.7 Å². The zero-order chi connectivity index (χ0) is 13.8. The second kappa shape index (κ2) is 5.36. The summed E-state index contributed by atoms with van der Waals surface area (Å²) in [5, 5.41) is 11.4. The summed E-state index contributed by atoms with van der Waals surface area (Å²) in [6.45, 7) is 0.542. The smallest absolute Gasteiger partial charge is 0.222 e. The number of hydrogen-bond acceptors (Lipinski definition) is 6. The van der Waals surface area contributed by atoms with Gasteiger partial charge in [0.05, 0.1) is 12.5 Å². The number of benzene rings is 1. The maximum atomic E-state index is 8.46.